The molecule has 3 rings (SSSR count). The first-order valence-corrected chi connectivity index (χ1v) is 8.67. The van der Waals surface area contributed by atoms with E-state index in [4.69, 9.17) is 17.3 Å². The van der Waals surface area contributed by atoms with E-state index in [9.17, 15) is 0 Å². The highest BCUT2D eigenvalue weighted by atomic mass is 35.5. The summed E-state index contributed by atoms with van der Waals surface area (Å²) in [6.45, 7) is 3.41. The molecular weight excluding hydrogens is 324 g/mol. The van der Waals surface area contributed by atoms with E-state index >= 15 is 0 Å². The van der Waals surface area contributed by atoms with Crippen LogP contribution in [0.5, 0.6) is 0 Å². The highest BCUT2D eigenvalue weighted by Gasteiger charge is 2.14. The minimum Gasteiger partial charge on any atom is -0.377 e. The van der Waals surface area contributed by atoms with E-state index in [0.29, 0.717) is 18.2 Å². The predicted octanol–water partition coefficient (Wildman–Crippen LogP) is 3.83. The molecule has 0 radical (unpaired) electrons. The van der Waals surface area contributed by atoms with Gasteiger partial charge in [0.25, 0.3) is 0 Å². The van der Waals surface area contributed by atoms with E-state index in [1.165, 1.54) is 10.4 Å². The van der Waals surface area contributed by atoms with Crippen molar-refractivity contribution in [2.45, 2.75) is 19.9 Å². The van der Waals surface area contributed by atoms with Gasteiger partial charge in [-0.1, -0.05) is 11.6 Å². The molecule has 3 N–H and O–H groups in total. The first-order chi connectivity index (χ1) is 10.2. The van der Waals surface area contributed by atoms with E-state index < -0.39 is 0 Å². The second-order valence-corrected chi connectivity index (χ2v) is 7.11. The van der Waals surface area contributed by atoms with Crippen molar-refractivity contribution in [3.63, 3.8) is 0 Å². The largest absolute Gasteiger partial charge is 0.377 e. The highest BCUT2D eigenvalue weighted by Crippen LogP contribution is 2.36. The average Bonchev–Trinajstić information content (AvgIpc) is 3.07. The molecule has 0 aliphatic carbocycles. The lowest BCUT2D eigenvalue weighted by Crippen LogP contribution is -2.01. The van der Waals surface area contributed by atoms with Crippen molar-refractivity contribution < 1.29 is 0 Å². The molecule has 0 saturated carbocycles. The van der Waals surface area contributed by atoms with Gasteiger partial charge in [-0.05, 0) is 25.5 Å². The quantitative estimate of drug-likeness (QED) is 0.694. The lowest BCUT2D eigenvalue weighted by Gasteiger charge is -2.06. The lowest BCUT2D eigenvalue weighted by atomic mass is 10.2. The molecule has 0 aliphatic heterocycles. The number of fused-ring (bicyclic) bond motifs is 1. The van der Waals surface area contributed by atoms with Gasteiger partial charge in [-0.3, -0.25) is 0 Å². The Kier molecular flexibility index (Phi) is 4.40. The second kappa shape index (κ2) is 6.27. The fourth-order valence-electron chi connectivity index (χ4n) is 2.20. The van der Waals surface area contributed by atoms with Crippen molar-refractivity contribution in [1.29, 1.82) is 0 Å². The standard InChI is InChI=1S/C14H15ClN4S2/c1-8-10(2-3-16)21-14-9(6-11(15)19-13(8)14)18-7-12-17-4-5-20-12/h4-6H,2-3,7,16H2,1H3,(H,18,19). The van der Waals surface area contributed by atoms with Crippen LogP contribution in [0.25, 0.3) is 10.2 Å². The summed E-state index contributed by atoms with van der Waals surface area (Å²) in [6, 6.07) is 1.87. The molecule has 0 aromatic carbocycles. The van der Waals surface area contributed by atoms with Crippen LogP contribution in [0, 0.1) is 6.92 Å². The Morgan fingerprint density at radius 1 is 1.43 bits per heavy atom. The molecular formula is C14H15ClN4S2. The molecule has 0 fully saturated rings. The third kappa shape index (κ3) is 3.03. The van der Waals surface area contributed by atoms with E-state index in [1.54, 1.807) is 22.7 Å². The molecule has 3 aromatic heterocycles. The first kappa shape index (κ1) is 14.7. The van der Waals surface area contributed by atoms with Crippen molar-refractivity contribution in [2.75, 3.05) is 11.9 Å². The molecule has 0 saturated heterocycles. The number of anilines is 1. The fraction of sp³-hybridized carbons (Fsp3) is 0.286. The third-order valence-electron chi connectivity index (χ3n) is 3.23. The molecule has 0 bridgehead atoms. The zero-order chi connectivity index (χ0) is 14.8. The van der Waals surface area contributed by atoms with Crippen LogP contribution in [-0.2, 0) is 13.0 Å². The zero-order valence-electron chi connectivity index (χ0n) is 11.5. The molecule has 4 nitrogen and oxygen atoms in total. The summed E-state index contributed by atoms with van der Waals surface area (Å²) >= 11 is 9.53. The molecule has 21 heavy (non-hydrogen) atoms. The van der Waals surface area contributed by atoms with Gasteiger partial charge >= 0.3 is 0 Å². The van der Waals surface area contributed by atoms with Crippen molar-refractivity contribution >= 4 is 50.2 Å². The maximum atomic E-state index is 6.16. The van der Waals surface area contributed by atoms with Crippen molar-refractivity contribution in [3.05, 3.63) is 38.2 Å². The van der Waals surface area contributed by atoms with Crippen LogP contribution < -0.4 is 11.1 Å². The van der Waals surface area contributed by atoms with Gasteiger partial charge in [0, 0.05) is 22.5 Å². The summed E-state index contributed by atoms with van der Waals surface area (Å²) in [5.41, 5.74) is 8.84. The molecule has 0 amide bonds. The summed E-state index contributed by atoms with van der Waals surface area (Å²) in [7, 11) is 0. The minimum atomic E-state index is 0.504. The average molecular weight is 339 g/mol. The Balaban J connectivity index is 1.98. The number of hydrogen-bond acceptors (Lipinski definition) is 6. The number of nitrogens with one attached hydrogen (secondary N) is 1. The van der Waals surface area contributed by atoms with Gasteiger partial charge in [-0.15, -0.1) is 22.7 Å². The van der Waals surface area contributed by atoms with Crippen LogP contribution in [0.1, 0.15) is 15.4 Å². The van der Waals surface area contributed by atoms with Gasteiger partial charge in [0.2, 0.25) is 0 Å². The Morgan fingerprint density at radius 2 is 2.29 bits per heavy atom. The number of rotatable bonds is 5. The number of aromatic nitrogens is 2. The molecule has 0 atom stereocenters. The SMILES string of the molecule is Cc1c(CCN)sc2c(NCc3nccs3)cc(Cl)nc12. The van der Waals surface area contributed by atoms with Gasteiger partial charge in [0.05, 0.1) is 22.4 Å². The smallest absolute Gasteiger partial charge is 0.131 e. The van der Waals surface area contributed by atoms with E-state index in [-0.39, 0.29) is 0 Å². The zero-order valence-corrected chi connectivity index (χ0v) is 13.9. The first-order valence-electron chi connectivity index (χ1n) is 6.60. The van der Waals surface area contributed by atoms with Crippen molar-refractivity contribution in [1.82, 2.24) is 9.97 Å². The molecule has 3 aromatic rings. The summed E-state index contributed by atoms with van der Waals surface area (Å²) in [4.78, 5) is 10.0. The molecule has 7 heteroatoms. The summed E-state index contributed by atoms with van der Waals surface area (Å²) in [6.07, 6.45) is 2.68. The highest BCUT2D eigenvalue weighted by molar-refractivity contribution is 7.19. The van der Waals surface area contributed by atoms with E-state index in [1.807, 2.05) is 17.6 Å². The summed E-state index contributed by atoms with van der Waals surface area (Å²) in [5.74, 6) is 0. The minimum absolute atomic E-state index is 0.504. The molecule has 3 heterocycles. The Labute approximate surface area is 136 Å². The summed E-state index contributed by atoms with van der Waals surface area (Å²) in [5, 5.41) is 6.94. The second-order valence-electron chi connectivity index (χ2n) is 4.64. The lowest BCUT2D eigenvalue weighted by molar-refractivity contribution is 0.981. The van der Waals surface area contributed by atoms with Gasteiger partial charge < -0.3 is 11.1 Å². The van der Waals surface area contributed by atoms with Crippen molar-refractivity contribution in [2.24, 2.45) is 5.73 Å². The number of thiazole rings is 1. The number of thiophene rings is 1. The number of aryl methyl sites for hydroxylation is 1. The number of nitrogens with two attached hydrogens (primary N) is 1. The van der Waals surface area contributed by atoms with Crippen LogP contribution in [0.4, 0.5) is 5.69 Å². The normalized spacial score (nSPS) is 11.2. The monoisotopic (exact) mass is 338 g/mol. The van der Waals surface area contributed by atoms with E-state index in [2.05, 4.69) is 22.2 Å². The number of halogens is 1. The molecule has 110 valence electrons. The van der Waals surface area contributed by atoms with Crippen LogP contribution in [0.2, 0.25) is 5.15 Å². The van der Waals surface area contributed by atoms with Crippen LogP contribution in [0.3, 0.4) is 0 Å². The third-order valence-corrected chi connectivity index (χ3v) is 5.57. The fourth-order valence-corrected chi connectivity index (χ4v) is 4.21. The van der Waals surface area contributed by atoms with Crippen molar-refractivity contribution in [3.8, 4) is 0 Å². The summed E-state index contributed by atoms with van der Waals surface area (Å²) < 4.78 is 1.14. The van der Waals surface area contributed by atoms with Gasteiger partial charge in [0.1, 0.15) is 10.2 Å². The Bertz CT molecular complexity index is 752. The maximum Gasteiger partial charge on any atom is 0.131 e. The van der Waals surface area contributed by atoms with Crippen LogP contribution >= 0.6 is 34.3 Å². The maximum absolute atomic E-state index is 6.16. The topological polar surface area (TPSA) is 63.8 Å². The van der Waals surface area contributed by atoms with Gasteiger partial charge in [0.15, 0.2) is 0 Å². The molecule has 0 unspecified atom stereocenters. The predicted molar refractivity (Wildman–Crippen MR) is 91.6 cm³/mol. The van der Waals surface area contributed by atoms with Crippen LogP contribution in [-0.4, -0.2) is 16.5 Å². The van der Waals surface area contributed by atoms with Gasteiger partial charge in [-0.25, -0.2) is 9.97 Å². The number of hydrogen-bond donors (Lipinski definition) is 2. The molecule has 0 aliphatic rings. The molecule has 0 spiro atoms. The number of pyridine rings is 1. The number of nitrogens with zero attached hydrogens (tertiary/aromatic N) is 2. The van der Waals surface area contributed by atoms with Gasteiger partial charge in [-0.2, -0.15) is 0 Å². The Hall–Kier alpha value is -1.21. The van der Waals surface area contributed by atoms with Crippen LogP contribution in [0.15, 0.2) is 17.6 Å². The van der Waals surface area contributed by atoms with E-state index in [0.717, 1.165) is 27.3 Å². The Morgan fingerprint density at radius 3 is 3.00 bits per heavy atom.